The quantitative estimate of drug-likeness (QED) is 0.171. The van der Waals surface area contributed by atoms with Crippen LogP contribution in [0.25, 0.3) is 0 Å². The normalized spacial score (nSPS) is 15.0. The third-order valence-corrected chi connectivity index (χ3v) is 6.31. The van der Waals surface area contributed by atoms with Crippen LogP contribution in [0.15, 0.2) is 11.6 Å². The van der Waals surface area contributed by atoms with Crippen LogP contribution in [0.4, 0.5) is 0 Å². The first kappa shape index (κ1) is 29.6. The van der Waals surface area contributed by atoms with E-state index in [0.29, 0.717) is 6.61 Å². The van der Waals surface area contributed by atoms with Gasteiger partial charge in [-0.1, -0.05) is 84.3 Å². The summed E-state index contributed by atoms with van der Waals surface area (Å²) in [6, 6.07) is 0. The van der Waals surface area contributed by atoms with E-state index in [2.05, 4.69) is 40.7 Å². The first-order valence-electron chi connectivity index (χ1n) is 12.3. The van der Waals surface area contributed by atoms with Crippen molar-refractivity contribution in [3.8, 4) is 0 Å². The minimum atomic E-state index is -0.930. The smallest absolute Gasteiger partial charge is 0.0629 e. The molecule has 0 saturated carbocycles. The molecule has 0 aromatic heterocycles. The fourth-order valence-corrected chi connectivity index (χ4v) is 3.77. The summed E-state index contributed by atoms with van der Waals surface area (Å²) in [6.45, 7) is 11.5. The zero-order valence-corrected chi connectivity index (χ0v) is 20.7. The van der Waals surface area contributed by atoms with Gasteiger partial charge in [0.25, 0.3) is 0 Å². The van der Waals surface area contributed by atoms with Crippen molar-refractivity contribution in [2.24, 2.45) is 23.2 Å². The molecule has 0 aromatic rings. The molecule has 0 heterocycles. The van der Waals surface area contributed by atoms with Crippen LogP contribution in [0, 0.1) is 23.2 Å². The van der Waals surface area contributed by atoms with Gasteiger partial charge in [0, 0.05) is 0 Å². The Balaban J connectivity index is 3.77. The second-order valence-electron chi connectivity index (χ2n) is 10.2. The lowest BCUT2D eigenvalue weighted by Gasteiger charge is -2.26. The van der Waals surface area contributed by atoms with E-state index in [9.17, 15) is 15.3 Å². The lowest BCUT2D eigenvalue weighted by molar-refractivity contribution is -0.0568. The highest BCUT2D eigenvalue weighted by atomic mass is 16.5. The van der Waals surface area contributed by atoms with Crippen LogP contribution in [0.2, 0.25) is 0 Å². The molecule has 30 heavy (non-hydrogen) atoms. The number of allylic oxidation sites excluding steroid dienone is 1. The molecule has 180 valence electrons. The van der Waals surface area contributed by atoms with Gasteiger partial charge in [-0.3, -0.25) is 0 Å². The third kappa shape index (κ3) is 15.4. The molecule has 0 aromatic carbocycles. The van der Waals surface area contributed by atoms with E-state index in [4.69, 9.17) is 4.74 Å². The van der Waals surface area contributed by atoms with Gasteiger partial charge in [0.1, 0.15) is 0 Å². The summed E-state index contributed by atoms with van der Waals surface area (Å²) >= 11 is 0. The van der Waals surface area contributed by atoms with Gasteiger partial charge in [0.15, 0.2) is 0 Å². The van der Waals surface area contributed by atoms with Crippen LogP contribution >= 0.6 is 0 Å². The van der Waals surface area contributed by atoms with Crippen molar-refractivity contribution in [1.82, 2.24) is 0 Å². The predicted octanol–water partition coefficient (Wildman–Crippen LogP) is 5.74. The Hall–Kier alpha value is -0.420. The van der Waals surface area contributed by atoms with E-state index >= 15 is 0 Å². The van der Waals surface area contributed by atoms with E-state index in [1.165, 1.54) is 56.9 Å². The van der Waals surface area contributed by atoms with Crippen molar-refractivity contribution in [3.05, 3.63) is 11.6 Å². The molecule has 0 bridgehead atoms. The Labute approximate surface area is 187 Å². The molecule has 0 aliphatic heterocycles. The summed E-state index contributed by atoms with van der Waals surface area (Å²) in [5.41, 5.74) is 0.475. The Kier molecular flexibility index (Phi) is 17.9. The van der Waals surface area contributed by atoms with Crippen molar-refractivity contribution in [2.75, 3.05) is 33.0 Å². The predicted molar refractivity (Wildman–Crippen MR) is 128 cm³/mol. The van der Waals surface area contributed by atoms with Crippen LogP contribution in [0.3, 0.4) is 0 Å². The maximum atomic E-state index is 9.28. The number of aliphatic hydroxyl groups is 3. The second-order valence-corrected chi connectivity index (χ2v) is 10.2. The highest BCUT2D eigenvalue weighted by molar-refractivity contribution is 4.97. The van der Waals surface area contributed by atoms with Gasteiger partial charge in [-0.2, -0.15) is 0 Å². The van der Waals surface area contributed by atoms with Gasteiger partial charge in [-0.25, -0.2) is 0 Å². The lowest BCUT2D eigenvalue weighted by atomic mass is 9.91. The average molecular weight is 429 g/mol. The summed E-state index contributed by atoms with van der Waals surface area (Å²) < 4.78 is 5.54. The van der Waals surface area contributed by atoms with Gasteiger partial charge in [-0.15, -0.1) is 0 Å². The van der Waals surface area contributed by atoms with Gasteiger partial charge >= 0.3 is 0 Å². The molecule has 2 atom stereocenters. The molecule has 3 N–H and O–H groups in total. The number of ether oxygens (including phenoxy) is 1. The molecular weight excluding hydrogens is 376 g/mol. The largest absolute Gasteiger partial charge is 0.396 e. The molecule has 4 nitrogen and oxygen atoms in total. The minimum absolute atomic E-state index is 0.178. The molecule has 0 fully saturated rings. The highest BCUT2D eigenvalue weighted by Crippen LogP contribution is 2.22. The molecule has 0 aliphatic rings. The van der Waals surface area contributed by atoms with Gasteiger partial charge in [0.2, 0.25) is 0 Å². The van der Waals surface area contributed by atoms with E-state index in [0.717, 1.165) is 30.6 Å². The van der Waals surface area contributed by atoms with Gasteiger partial charge < -0.3 is 20.1 Å². The first-order chi connectivity index (χ1) is 14.3. The molecule has 0 spiro atoms. The highest BCUT2D eigenvalue weighted by Gasteiger charge is 2.28. The fourth-order valence-electron chi connectivity index (χ4n) is 3.77. The number of hydrogen-bond acceptors (Lipinski definition) is 4. The second kappa shape index (κ2) is 18.2. The molecule has 0 rings (SSSR count). The summed E-state index contributed by atoms with van der Waals surface area (Å²) in [5, 5.41) is 27.9. The molecule has 4 heteroatoms. The lowest BCUT2D eigenvalue weighted by Crippen LogP contribution is -2.38. The Morgan fingerprint density at radius 2 is 1.30 bits per heavy atom. The monoisotopic (exact) mass is 428 g/mol. The van der Waals surface area contributed by atoms with E-state index < -0.39 is 5.41 Å². The minimum Gasteiger partial charge on any atom is -0.396 e. The molecule has 2 unspecified atom stereocenters. The van der Waals surface area contributed by atoms with E-state index in [-0.39, 0.29) is 26.4 Å². The van der Waals surface area contributed by atoms with Crippen LogP contribution in [-0.2, 0) is 4.74 Å². The van der Waals surface area contributed by atoms with Gasteiger partial charge in [-0.05, 0) is 43.9 Å². The van der Waals surface area contributed by atoms with E-state index in [1.807, 2.05) is 0 Å². The van der Waals surface area contributed by atoms with E-state index in [1.54, 1.807) is 0 Å². The van der Waals surface area contributed by atoms with Gasteiger partial charge in [0.05, 0.1) is 38.4 Å². The molecule has 0 aliphatic carbocycles. The fraction of sp³-hybridized carbons (Fsp3) is 0.923. The molecule has 0 amide bonds. The number of aliphatic hydroxyl groups excluding tert-OH is 3. The topological polar surface area (TPSA) is 69.9 Å². The van der Waals surface area contributed by atoms with Crippen molar-refractivity contribution >= 4 is 0 Å². The van der Waals surface area contributed by atoms with Crippen molar-refractivity contribution in [3.63, 3.8) is 0 Å². The summed E-state index contributed by atoms with van der Waals surface area (Å²) in [4.78, 5) is 0. The van der Waals surface area contributed by atoms with Crippen molar-refractivity contribution in [2.45, 2.75) is 98.8 Å². The zero-order chi connectivity index (χ0) is 22.8. The van der Waals surface area contributed by atoms with Crippen molar-refractivity contribution < 1.29 is 20.1 Å². The standard InChI is InChI=1S/C26H52O4/c1-22(2)10-6-11-23(3)12-7-13-24(4)14-8-15-25(5)16-9-17-30-21-26(18-27,19-28)20-29/h16,22-24,27-29H,6-15,17-21H2,1-5H3/b25-16+. The molecule has 0 saturated heterocycles. The van der Waals surface area contributed by atoms with Crippen molar-refractivity contribution in [1.29, 1.82) is 0 Å². The number of hydrogen-bond donors (Lipinski definition) is 3. The Morgan fingerprint density at radius 3 is 1.80 bits per heavy atom. The average Bonchev–Trinajstić information content (AvgIpc) is 2.71. The SMILES string of the molecule is C/C(=C\CCOCC(CO)(CO)CO)CCCC(C)CCCC(C)CCCC(C)C. The zero-order valence-electron chi connectivity index (χ0n) is 20.7. The Morgan fingerprint density at radius 1 is 0.800 bits per heavy atom. The van der Waals surface area contributed by atoms with Crippen LogP contribution in [0.5, 0.6) is 0 Å². The van der Waals surface area contributed by atoms with Crippen LogP contribution < -0.4 is 0 Å². The maximum absolute atomic E-state index is 9.28. The molecular formula is C26H52O4. The number of rotatable bonds is 20. The summed E-state index contributed by atoms with van der Waals surface area (Å²) in [7, 11) is 0. The maximum Gasteiger partial charge on any atom is 0.0629 e. The van der Waals surface area contributed by atoms with Crippen LogP contribution in [-0.4, -0.2) is 48.4 Å². The van der Waals surface area contributed by atoms with Crippen LogP contribution in [0.1, 0.15) is 98.8 Å². The Bertz CT molecular complexity index is 407. The summed E-state index contributed by atoms with van der Waals surface area (Å²) in [6.07, 6.45) is 15.0. The summed E-state index contributed by atoms with van der Waals surface area (Å²) in [5.74, 6) is 2.53. The third-order valence-electron chi connectivity index (χ3n) is 6.31. The first-order valence-corrected chi connectivity index (χ1v) is 12.3. The molecule has 0 radical (unpaired) electrons.